The van der Waals surface area contributed by atoms with Crippen LogP contribution in [0, 0.1) is 34.5 Å². The van der Waals surface area contributed by atoms with E-state index >= 15 is 0 Å². The Labute approximate surface area is 170 Å². The maximum atomic E-state index is 12.6. The van der Waals surface area contributed by atoms with E-state index in [4.69, 9.17) is 4.84 Å². The van der Waals surface area contributed by atoms with E-state index in [9.17, 15) is 4.79 Å². The van der Waals surface area contributed by atoms with Gasteiger partial charge in [-0.2, -0.15) is 0 Å². The van der Waals surface area contributed by atoms with Crippen LogP contribution in [0.5, 0.6) is 0 Å². The summed E-state index contributed by atoms with van der Waals surface area (Å²) in [4.78, 5) is 20.1. The molecule has 0 spiro atoms. The van der Waals surface area contributed by atoms with Crippen LogP contribution in [0.1, 0.15) is 65.2 Å². The Morgan fingerprint density at radius 3 is 2.64 bits per heavy atom. The smallest absolute Gasteiger partial charge is 0.139 e. The number of nitrogens with zero attached hydrogens (tertiary/aromatic N) is 2. The molecule has 3 saturated carbocycles. The molecule has 0 aliphatic heterocycles. The summed E-state index contributed by atoms with van der Waals surface area (Å²) in [7, 11) is 4.09. The number of hydrogen-bond acceptors (Lipinski definition) is 4. The lowest BCUT2D eigenvalue weighted by Crippen LogP contribution is -2.50. The fourth-order valence-corrected chi connectivity index (χ4v) is 7.04. The van der Waals surface area contributed by atoms with Gasteiger partial charge in [0.1, 0.15) is 12.4 Å². The summed E-state index contributed by atoms with van der Waals surface area (Å²) in [6, 6.07) is 0. The quantitative estimate of drug-likeness (QED) is 0.298. The van der Waals surface area contributed by atoms with Gasteiger partial charge in [0, 0.05) is 24.3 Å². The first-order chi connectivity index (χ1) is 13.3. The van der Waals surface area contributed by atoms with Crippen molar-refractivity contribution in [2.45, 2.75) is 65.2 Å². The lowest BCUT2D eigenvalue weighted by molar-refractivity contribution is -0.132. The molecule has 4 aliphatic carbocycles. The number of Topliss-reactive ketones (excluding diaryl/α,β-unsaturated/α-hetero) is 1. The third kappa shape index (κ3) is 3.36. The van der Waals surface area contributed by atoms with E-state index in [1.165, 1.54) is 32.1 Å². The van der Waals surface area contributed by atoms with Crippen molar-refractivity contribution in [2.24, 2.45) is 39.7 Å². The molecule has 0 aromatic heterocycles. The summed E-state index contributed by atoms with van der Waals surface area (Å²) in [6.07, 6.45) is 13.8. The highest BCUT2D eigenvalue weighted by Gasteiger charge is 2.58. The second kappa shape index (κ2) is 7.59. The third-order valence-electron chi connectivity index (χ3n) is 8.81. The van der Waals surface area contributed by atoms with Crippen molar-refractivity contribution in [3.63, 3.8) is 0 Å². The predicted octanol–water partition coefficient (Wildman–Crippen LogP) is 4.70. The molecular weight excluding hydrogens is 348 g/mol. The second-order valence-corrected chi connectivity index (χ2v) is 10.5. The standard InChI is InChI=1S/C24H38N2O2/c1-23-11-9-17(16-25-28-14-13-26(3)4)15-18(23)5-6-19-20-7-8-22(27)24(20,2)12-10-21(19)23/h15-17,19-21H,5-14H2,1-4H3. The van der Waals surface area contributed by atoms with E-state index in [0.717, 1.165) is 37.6 Å². The first-order valence-corrected chi connectivity index (χ1v) is 11.4. The van der Waals surface area contributed by atoms with Crippen molar-refractivity contribution in [3.05, 3.63) is 11.6 Å². The first-order valence-electron chi connectivity index (χ1n) is 11.4. The summed E-state index contributed by atoms with van der Waals surface area (Å²) in [5.74, 6) is 3.14. The molecule has 4 aliphatic rings. The average Bonchev–Trinajstić information content (AvgIpc) is 2.96. The van der Waals surface area contributed by atoms with Crippen LogP contribution >= 0.6 is 0 Å². The van der Waals surface area contributed by atoms with Gasteiger partial charge in [-0.3, -0.25) is 4.79 Å². The summed E-state index contributed by atoms with van der Waals surface area (Å²) in [5, 5.41) is 4.24. The van der Waals surface area contributed by atoms with E-state index < -0.39 is 0 Å². The van der Waals surface area contributed by atoms with E-state index in [-0.39, 0.29) is 5.41 Å². The van der Waals surface area contributed by atoms with Crippen LogP contribution in [-0.2, 0) is 9.63 Å². The number of carbonyl (C=O) groups excluding carboxylic acids is 1. The molecule has 3 fully saturated rings. The van der Waals surface area contributed by atoms with Gasteiger partial charge in [-0.05, 0) is 82.2 Å². The molecule has 0 aromatic rings. The average molecular weight is 387 g/mol. The fourth-order valence-electron chi connectivity index (χ4n) is 7.04. The van der Waals surface area contributed by atoms with Gasteiger partial charge in [0.15, 0.2) is 0 Å². The summed E-state index contributed by atoms with van der Waals surface area (Å²) in [5.41, 5.74) is 2.00. The van der Waals surface area contributed by atoms with Crippen LogP contribution in [0.2, 0.25) is 0 Å². The Hall–Kier alpha value is -1.16. The SMILES string of the molecule is CN(C)CCON=CC1C=C2CCC3C4CCC(=O)C4(C)CCC3C2(C)CC1. The fraction of sp³-hybridized carbons (Fsp3) is 0.833. The van der Waals surface area contributed by atoms with E-state index in [1.54, 1.807) is 5.57 Å². The summed E-state index contributed by atoms with van der Waals surface area (Å²) in [6.45, 7) is 6.34. The molecule has 156 valence electrons. The highest BCUT2D eigenvalue weighted by molar-refractivity contribution is 5.87. The topological polar surface area (TPSA) is 41.9 Å². The van der Waals surface area contributed by atoms with Gasteiger partial charge in [0.2, 0.25) is 0 Å². The van der Waals surface area contributed by atoms with E-state index in [0.29, 0.717) is 29.6 Å². The zero-order chi connectivity index (χ0) is 19.9. The van der Waals surface area contributed by atoms with Crippen LogP contribution in [0.4, 0.5) is 0 Å². The molecule has 0 saturated heterocycles. The highest BCUT2D eigenvalue weighted by Crippen LogP contribution is 2.64. The van der Waals surface area contributed by atoms with Crippen LogP contribution in [-0.4, -0.2) is 44.1 Å². The van der Waals surface area contributed by atoms with Crippen LogP contribution in [0.15, 0.2) is 16.8 Å². The molecule has 0 heterocycles. The maximum Gasteiger partial charge on any atom is 0.139 e. The Bertz CT molecular complexity index is 670. The molecule has 4 rings (SSSR count). The van der Waals surface area contributed by atoms with Crippen molar-refractivity contribution in [2.75, 3.05) is 27.2 Å². The van der Waals surface area contributed by atoms with Gasteiger partial charge < -0.3 is 9.74 Å². The van der Waals surface area contributed by atoms with Gasteiger partial charge in [-0.1, -0.05) is 30.7 Å². The van der Waals surface area contributed by atoms with Crippen molar-refractivity contribution in [3.8, 4) is 0 Å². The minimum absolute atomic E-state index is 0.00744. The molecule has 4 nitrogen and oxygen atoms in total. The van der Waals surface area contributed by atoms with Gasteiger partial charge in [-0.25, -0.2) is 0 Å². The number of hydrogen-bond donors (Lipinski definition) is 0. The number of oxime groups is 1. The van der Waals surface area contributed by atoms with Crippen molar-refractivity contribution >= 4 is 12.0 Å². The minimum atomic E-state index is -0.00744. The van der Waals surface area contributed by atoms with Crippen molar-refractivity contribution < 1.29 is 9.63 Å². The maximum absolute atomic E-state index is 12.6. The third-order valence-corrected chi connectivity index (χ3v) is 8.81. The number of likely N-dealkylation sites (N-methyl/N-ethyl adjacent to an activating group) is 1. The predicted molar refractivity (Wildman–Crippen MR) is 113 cm³/mol. The molecule has 6 atom stereocenters. The molecule has 4 heteroatoms. The summed E-state index contributed by atoms with van der Waals surface area (Å²) >= 11 is 0. The molecule has 0 amide bonds. The Balaban J connectivity index is 1.44. The molecule has 28 heavy (non-hydrogen) atoms. The lowest BCUT2D eigenvalue weighted by atomic mass is 9.47. The van der Waals surface area contributed by atoms with Crippen LogP contribution in [0.25, 0.3) is 0 Å². The van der Waals surface area contributed by atoms with Gasteiger partial charge in [0.05, 0.1) is 6.21 Å². The minimum Gasteiger partial charge on any atom is -0.395 e. The highest BCUT2D eigenvalue weighted by atomic mass is 16.6. The van der Waals surface area contributed by atoms with Crippen LogP contribution in [0.3, 0.4) is 0 Å². The van der Waals surface area contributed by atoms with Crippen LogP contribution < -0.4 is 0 Å². The van der Waals surface area contributed by atoms with Gasteiger partial charge in [0.25, 0.3) is 0 Å². The molecule has 0 radical (unpaired) electrons. The molecule has 0 aromatic carbocycles. The molecular formula is C24H38N2O2. The normalized spacial score (nSPS) is 42.9. The largest absolute Gasteiger partial charge is 0.395 e. The van der Waals surface area contributed by atoms with E-state index in [2.05, 4.69) is 30.0 Å². The number of rotatable bonds is 5. The molecule has 0 N–H and O–H groups in total. The first kappa shape index (κ1) is 20.1. The zero-order valence-electron chi connectivity index (χ0n) is 18.2. The second-order valence-electron chi connectivity index (χ2n) is 10.5. The molecule has 0 bridgehead atoms. The summed E-state index contributed by atoms with van der Waals surface area (Å²) < 4.78 is 0. The Kier molecular flexibility index (Phi) is 5.45. The monoisotopic (exact) mass is 386 g/mol. The zero-order valence-corrected chi connectivity index (χ0v) is 18.2. The van der Waals surface area contributed by atoms with E-state index in [1.807, 2.05) is 20.3 Å². The number of allylic oxidation sites excluding steroid dienone is 2. The van der Waals surface area contributed by atoms with Gasteiger partial charge >= 0.3 is 0 Å². The number of ketones is 1. The molecule has 6 unspecified atom stereocenters. The number of carbonyl (C=O) groups is 1. The van der Waals surface area contributed by atoms with Crippen molar-refractivity contribution in [1.82, 2.24) is 4.90 Å². The van der Waals surface area contributed by atoms with Crippen molar-refractivity contribution in [1.29, 1.82) is 0 Å². The van der Waals surface area contributed by atoms with Gasteiger partial charge in [-0.15, -0.1) is 0 Å². The Morgan fingerprint density at radius 1 is 1.11 bits per heavy atom. The lowest BCUT2D eigenvalue weighted by Gasteiger charge is -2.57. The number of fused-ring (bicyclic) bond motifs is 5. The Morgan fingerprint density at radius 2 is 1.86 bits per heavy atom.